The van der Waals surface area contributed by atoms with Gasteiger partial charge in [-0.2, -0.15) is 0 Å². The summed E-state index contributed by atoms with van der Waals surface area (Å²) < 4.78 is 11.7. The number of ether oxygens (including phenoxy) is 2. The minimum absolute atomic E-state index is 0.0787. The molecule has 112 valence electrons. The molecule has 0 spiro atoms. The van der Waals surface area contributed by atoms with Gasteiger partial charge in [-0.05, 0) is 42.0 Å². The Balaban J connectivity index is 1.70. The van der Waals surface area contributed by atoms with Gasteiger partial charge in [-0.3, -0.25) is 4.79 Å². The van der Waals surface area contributed by atoms with E-state index in [0.717, 1.165) is 21.5 Å². The Labute approximate surface area is 135 Å². The maximum atomic E-state index is 12.2. The van der Waals surface area contributed by atoms with E-state index in [2.05, 4.69) is 15.9 Å². The number of carbonyl (C=O) groups excluding carboxylic acids is 1. The summed E-state index contributed by atoms with van der Waals surface area (Å²) in [6, 6.07) is 12.6. The second-order valence-corrected chi connectivity index (χ2v) is 6.18. The van der Waals surface area contributed by atoms with Crippen molar-refractivity contribution >= 4 is 27.5 Å². The largest absolute Gasteiger partial charge is 0.454 e. The van der Waals surface area contributed by atoms with E-state index in [1.54, 1.807) is 4.90 Å². The lowest BCUT2D eigenvalue weighted by molar-refractivity contribution is -0.126. The Kier molecular flexibility index (Phi) is 3.09. The molecule has 6 heteroatoms. The van der Waals surface area contributed by atoms with Crippen molar-refractivity contribution < 1.29 is 14.3 Å². The number of β-lactam (4-membered cyclic amide) rings is 1. The molecular weight excluding hydrogens is 348 g/mol. The molecule has 5 nitrogen and oxygen atoms in total. The fourth-order valence-corrected chi connectivity index (χ4v) is 3.12. The van der Waals surface area contributed by atoms with E-state index in [4.69, 9.17) is 15.2 Å². The van der Waals surface area contributed by atoms with Crippen LogP contribution in [0.5, 0.6) is 11.5 Å². The van der Waals surface area contributed by atoms with Crippen molar-refractivity contribution in [2.75, 3.05) is 11.7 Å². The first-order valence-electron chi connectivity index (χ1n) is 6.89. The van der Waals surface area contributed by atoms with Crippen LogP contribution < -0.4 is 20.1 Å². The van der Waals surface area contributed by atoms with Gasteiger partial charge in [-0.25, -0.2) is 0 Å². The fraction of sp³-hybridized carbons (Fsp3) is 0.188. The molecule has 4 rings (SSSR count). The van der Waals surface area contributed by atoms with Gasteiger partial charge < -0.3 is 20.1 Å². The number of nitrogens with zero attached hydrogens (tertiary/aromatic N) is 1. The number of rotatable bonds is 2. The normalized spacial score (nSPS) is 22.6. The quantitative estimate of drug-likeness (QED) is 0.836. The van der Waals surface area contributed by atoms with Crippen molar-refractivity contribution in [2.24, 2.45) is 5.73 Å². The van der Waals surface area contributed by atoms with Crippen LogP contribution in [0.4, 0.5) is 5.69 Å². The molecule has 0 unspecified atom stereocenters. The summed E-state index contributed by atoms with van der Waals surface area (Å²) in [5, 5.41) is 0. The Morgan fingerprint density at radius 2 is 1.82 bits per heavy atom. The lowest BCUT2D eigenvalue weighted by Crippen LogP contribution is -2.63. The third kappa shape index (κ3) is 1.99. The SMILES string of the molecule is N[C@H]1C(=O)N(c2ccc(Br)cc2)[C@H]1c1ccc2c(c1)OCO2. The minimum Gasteiger partial charge on any atom is -0.454 e. The predicted molar refractivity (Wildman–Crippen MR) is 84.9 cm³/mol. The fourth-order valence-electron chi connectivity index (χ4n) is 2.85. The molecule has 1 amide bonds. The number of carbonyl (C=O) groups is 1. The smallest absolute Gasteiger partial charge is 0.247 e. The molecule has 0 bridgehead atoms. The van der Waals surface area contributed by atoms with Gasteiger partial charge in [0.05, 0.1) is 6.04 Å². The molecular formula is C16H13BrN2O3. The molecule has 2 aromatic carbocycles. The molecule has 2 aliphatic heterocycles. The zero-order valence-corrected chi connectivity index (χ0v) is 13.1. The number of amides is 1. The Morgan fingerprint density at radius 3 is 2.59 bits per heavy atom. The minimum atomic E-state index is -0.538. The van der Waals surface area contributed by atoms with Crippen molar-refractivity contribution in [2.45, 2.75) is 12.1 Å². The molecule has 2 N–H and O–H groups in total. The Bertz CT molecular complexity index is 748. The molecule has 1 fully saturated rings. The van der Waals surface area contributed by atoms with Gasteiger partial charge in [-0.15, -0.1) is 0 Å². The van der Waals surface area contributed by atoms with Gasteiger partial charge >= 0.3 is 0 Å². The lowest BCUT2D eigenvalue weighted by Gasteiger charge is -2.45. The van der Waals surface area contributed by atoms with Crippen LogP contribution in [-0.4, -0.2) is 18.7 Å². The van der Waals surface area contributed by atoms with Crippen LogP contribution in [0.2, 0.25) is 0 Å². The van der Waals surface area contributed by atoms with Gasteiger partial charge in [0.2, 0.25) is 12.7 Å². The zero-order valence-electron chi connectivity index (χ0n) is 11.5. The lowest BCUT2D eigenvalue weighted by atomic mass is 9.88. The second-order valence-electron chi connectivity index (χ2n) is 5.27. The van der Waals surface area contributed by atoms with Crippen LogP contribution in [0, 0.1) is 0 Å². The van der Waals surface area contributed by atoms with Crippen molar-refractivity contribution in [3.05, 3.63) is 52.5 Å². The first kappa shape index (κ1) is 13.6. The highest BCUT2D eigenvalue weighted by molar-refractivity contribution is 9.10. The van der Waals surface area contributed by atoms with E-state index in [0.29, 0.717) is 5.75 Å². The van der Waals surface area contributed by atoms with Crippen LogP contribution in [0.1, 0.15) is 11.6 Å². The van der Waals surface area contributed by atoms with Crippen molar-refractivity contribution in [3.63, 3.8) is 0 Å². The average molecular weight is 361 g/mol. The standard InChI is InChI=1S/C16H13BrN2O3/c17-10-2-4-11(5-3-10)19-15(14(18)16(19)20)9-1-6-12-13(7-9)22-8-21-12/h1-7,14-15H,8,18H2/t14-,15+/m1/s1. The molecule has 22 heavy (non-hydrogen) atoms. The topological polar surface area (TPSA) is 64.8 Å². The highest BCUT2D eigenvalue weighted by Gasteiger charge is 2.46. The van der Waals surface area contributed by atoms with E-state index in [1.165, 1.54) is 0 Å². The Morgan fingerprint density at radius 1 is 1.09 bits per heavy atom. The number of hydrogen-bond donors (Lipinski definition) is 1. The number of hydrogen-bond acceptors (Lipinski definition) is 4. The van der Waals surface area contributed by atoms with Crippen molar-refractivity contribution in [1.82, 2.24) is 0 Å². The van der Waals surface area contributed by atoms with Crippen LogP contribution >= 0.6 is 15.9 Å². The molecule has 0 radical (unpaired) electrons. The van der Waals surface area contributed by atoms with E-state index >= 15 is 0 Å². The summed E-state index contributed by atoms with van der Waals surface area (Å²) in [5.74, 6) is 1.34. The third-order valence-electron chi connectivity index (χ3n) is 3.98. The number of benzene rings is 2. The molecule has 2 heterocycles. The monoisotopic (exact) mass is 360 g/mol. The highest BCUT2D eigenvalue weighted by atomic mass is 79.9. The van der Waals surface area contributed by atoms with Crippen LogP contribution in [0.15, 0.2) is 46.9 Å². The van der Waals surface area contributed by atoms with Gasteiger partial charge in [0.1, 0.15) is 6.04 Å². The van der Waals surface area contributed by atoms with Gasteiger partial charge in [0, 0.05) is 10.2 Å². The maximum Gasteiger partial charge on any atom is 0.247 e. The van der Waals surface area contributed by atoms with Crippen LogP contribution in [-0.2, 0) is 4.79 Å². The van der Waals surface area contributed by atoms with Crippen molar-refractivity contribution in [1.29, 1.82) is 0 Å². The molecule has 0 saturated carbocycles. The third-order valence-corrected chi connectivity index (χ3v) is 4.51. The molecule has 2 aliphatic rings. The van der Waals surface area contributed by atoms with Crippen molar-refractivity contribution in [3.8, 4) is 11.5 Å². The molecule has 2 aromatic rings. The summed E-state index contributed by atoms with van der Waals surface area (Å²) in [6.07, 6.45) is 0. The van der Waals surface area contributed by atoms with E-state index in [1.807, 2.05) is 42.5 Å². The average Bonchev–Trinajstić information content (AvgIpc) is 3.00. The summed E-state index contributed by atoms with van der Waals surface area (Å²) in [4.78, 5) is 13.9. The van der Waals surface area contributed by atoms with E-state index in [9.17, 15) is 4.79 Å². The molecule has 2 atom stereocenters. The second kappa shape index (κ2) is 5.00. The first-order chi connectivity index (χ1) is 10.6. The Hall–Kier alpha value is -2.05. The van der Waals surface area contributed by atoms with Crippen LogP contribution in [0.3, 0.4) is 0 Å². The maximum absolute atomic E-state index is 12.2. The van der Waals surface area contributed by atoms with E-state index in [-0.39, 0.29) is 18.7 Å². The van der Waals surface area contributed by atoms with Gasteiger partial charge in [0.25, 0.3) is 0 Å². The van der Waals surface area contributed by atoms with Gasteiger partial charge in [0.15, 0.2) is 11.5 Å². The molecule has 0 aliphatic carbocycles. The predicted octanol–water partition coefficient (Wildman–Crippen LogP) is 2.59. The van der Waals surface area contributed by atoms with Crippen LogP contribution in [0.25, 0.3) is 0 Å². The number of fused-ring (bicyclic) bond motifs is 1. The summed E-state index contributed by atoms with van der Waals surface area (Å²) in [6.45, 7) is 0.227. The number of nitrogens with two attached hydrogens (primary N) is 1. The zero-order chi connectivity index (χ0) is 15.3. The molecule has 1 saturated heterocycles. The van der Waals surface area contributed by atoms with E-state index < -0.39 is 6.04 Å². The summed E-state index contributed by atoms with van der Waals surface area (Å²) >= 11 is 3.40. The summed E-state index contributed by atoms with van der Waals surface area (Å²) in [5.41, 5.74) is 7.80. The van der Waals surface area contributed by atoms with Gasteiger partial charge in [-0.1, -0.05) is 22.0 Å². The summed E-state index contributed by atoms with van der Waals surface area (Å²) in [7, 11) is 0. The number of halogens is 1. The molecule has 0 aromatic heterocycles. The first-order valence-corrected chi connectivity index (χ1v) is 7.68. The number of anilines is 1. The highest BCUT2D eigenvalue weighted by Crippen LogP contribution is 2.42.